The van der Waals surface area contributed by atoms with E-state index in [1.807, 2.05) is 0 Å². The molecule has 21 heavy (non-hydrogen) atoms. The fourth-order valence-corrected chi connectivity index (χ4v) is 3.91. The van der Waals surface area contributed by atoms with Crippen molar-refractivity contribution in [2.75, 3.05) is 18.9 Å². The molecule has 118 valence electrons. The van der Waals surface area contributed by atoms with Crippen molar-refractivity contribution in [1.82, 2.24) is 4.72 Å². The van der Waals surface area contributed by atoms with Crippen LogP contribution in [0.25, 0.3) is 0 Å². The van der Waals surface area contributed by atoms with Gasteiger partial charge in [-0.25, -0.2) is 17.5 Å². The van der Waals surface area contributed by atoms with Crippen molar-refractivity contribution in [2.24, 2.45) is 5.41 Å². The van der Waals surface area contributed by atoms with E-state index >= 15 is 0 Å². The van der Waals surface area contributed by atoms with Gasteiger partial charge in [0.25, 0.3) is 0 Å². The van der Waals surface area contributed by atoms with Crippen LogP contribution in [-0.2, 0) is 10.0 Å². The molecule has 0 heterocycles. The Bertz CT molecular complexity index is 598. The Labute approximate surface area is 124 Å². The Morgan fingerprint density at radius 2 is 1.95 bits per heavy atom. The third kappa shape index (κ3) is 3.72. The largest absolute Gasteiger partial charge is 0.396 e. The summed E-state index contributed by atoms with van der Waals surface area (Å²) in [6.45, 7) is 0.143. The van der Waals surface area contributed by atoms with Gasteiger partial charge in [0, 0.05) is 18.6 Å². The van der Waals surface area contributed by atoms with Crippen LogP contribution >= 0.6 is 0 Å². The van der Waals surface area contributed by atoms with Gasteiger partial charge in [0.15, 0.2) is 0 Å². The fraction of sp³-hybridized carbons (Fsp3) is 0.571. The summed E-state index contributed by atoms with van der Waals surface area (Å²) in [5, 5.41) is 9.59. The van der Waals surface area contributed by atoms with E-state index in [1.54, 1.807) is 0 Å². The lowest BCUT2D eigenvalue weighted by Gasteiger charge is -2.35. The molecule has 1 aliphatic rings. The smallest absolute Gasteiger partial charge is 0.240 e. The van der Waals surface area contributed by atoms with Crippen molar-refractivity contribution in [3.05, 3.63) is 24.0 Å². The van der Waals surface area contributed by atoms with E-state index in [0.29, 0.717) is 0 Å². The van der Waals surface area contributed by atoms with Crippen LogP contribution in [0, 0.1) is 11.2 Å². The molecule has 0 saturated heterocycles. The summed E-state index contributed by atoms with van der Waals surface area (Å²) in [6, 6.07) is 3.32. The molecule has 7 heteroatoms. The van der Waals surface area contributed by atoms with Crippen molar-refractivity contribution >= 4 is 15.7 Å². The molecule has 0 spiro atoms. The molecule has 1 aromatic carbocycles. The van der Waals surface area contributed by atoms with Crippen LogP contribution in [0.2, 0.25) is 0 Å². The standard InChI is InChI=1S/C14H21FN2O3S/c15-12-5-4-11(8-13(12)16)21(19,20)17-9-14(10-18)6-2-1-3-7-14/h4-5,8,17-18H,1-3,6-7,9-10,16H2. The third-order valence-electron chi connectivity index (χ3n) is 4.16. The first-order chi connectivity index (χ1) is 9.88. The van der Waals surface area contributed by atoms with Crippen molar-refractivity contribution < 1.29 is 17.9 Å². The number of benzene rings is 1. The number of nitrogens with one attached hydrogen (secondary N) is 1. The minimum Gasteiger partial charge on any atom is -0.396 e. The van der Waals surface area contributed by atoms with Gasteiger partial charge in [-0.2, -0.15) is 0 Å². The van der Waals surface area contributed by atoms with Gasteiger partial charge >= 0.3 is 0 Å². The highest BCUT2D eigenvalue weighted by atomic mass is 32.2. The lowest BCUT2D eigenvalue weighted by atomic mass is 9.75. The van der Waals surface area contributed by atoms with E-state index in [2.05, 4.69) is 4.72 Å². The Morgan fingerprint density at radius 1 is 1.29 bits per heavy atom. The molecule has 0 amide bonds. The summed E-state index contributed by atoms with van der Waals surface area (Å²) in [4.78, 5) is -0.0645. The van der Waals surface area contributed by atoms with Gasteiger partial charge in [0.2, 0.25) is 10.0 Å². The zero-order chi connectivity index (χ0) is 15.5. The Morgan fingerprint density at radius 3 is 2.52 bits per heavy atom. The normalized spacial score (nSPS) is 18.6. The van der Waals surface area contributed by atoms with Crippen LogP contribution in [0.3, 0.4) is 0 Å². The summed E-state index contributed by atoms with van der Waals surface area (Å²) in [6.07, 6.45) is 4.70. The van der Waals surface area contributed by atoms with Crippen molar-refractivity contribution in [2.45, 2.75) is 37.0 Å². The van der Waals surface area contributed by atoms with E-state index < -0.39 is 21.3 Å². The maximum absolute atomic E-state index is 13.1. The van der Waals surface area contributed by atoms with Crippen molar-refractivity contribution in [3.63, 3.8) is 0 Å². The number of aliphatic hydroxyl groups is 1. The van der Waals surface area contributed by atoms with E-state index in [9.17, 15) is 17.9 Å². The Balaban J connectivity index is 2.11. The monoisotopic (exact) mass is 316 g/mol. The molecule has 1 aliphatic carbocycles. The van der Waals surface area contributed by atoms with E-state index in [-0.39, 0.29) is 23.7 Å². The van der Waals surface area contributed by atoms with Crippen molar-refractivity contribution in [3.8, 4) is 0 Å². The number of nitrogen functional groups attached to an aromatic ring is 1. The first-order valence-electron chi connectivity index (χ1n) is 7.04. The number of anilines is 1. The van der Waals surface area contributed by atoms with Crippen LogP contribution < -0.4 is 10.5 Å². The number of hydrogen-bond acceptors (Lipinski definition) is 4. The molecule has 1 aromatic rings. The molecule has 4 N–H and O–H groups in total. The SMILES string of the molecule is Nc1cc(S(=O)(=O)NCC2(CO)CCCCC2)ccc1F. The zero-order valence-electron chi connectivity index (χ0n) is 11.8. The summed E-state index contributed by atoms with van der Waals surface area (Å²) >= 11 is 0. The van der Waals surface area contributed by atoms with Gasteiger partial charge in [-0.1, -0.05) is 19.3 Å². The molecule has 0 radical (unpaired) electrons. The molecule has 0 bridgehead atoms. The molecule has 2 rings (SSSR count). The zero-order valence-corrected chi connectivity index (χ0v) is 12.6. The molecular formula is C14H21FN2O3S. The summed E-state index contributed by atoms with van der Waals surface area (Å²) in [5.74, 6) is -0.645. The second kappa shape index (κ2) is 6.29. The number of aliphatic hydroxyl groups excluding tert-OH is 1. The first-order valence-corrected chi connectivity index (χ1v) is 8.52. The predicted octanol–water partition coefficient (Wildman–Crippen LogP) is 1.63. The van der Waals surface area contributed by atoms with E-state index in [0.717, 1.165) is 44.2 Å². The fourth-order valence-electron chi connectivity index (χ4n) is 2.71. The lowest BCUT2D eigenvalue weighted by Crippen LogP contribution is -2.41. The highest BCUT2D eigenvalue weighted by Gasteiger charge is 2.32. The molecule has 0 unspecified atom stereocenters. The molecule has 1 fully saturated rings. The van der Waals surface area contributed by atoms with Gasteiger partial charge in [-0.15, -0.1) is 0 Å². The molecule has 0 aliphatic heterocycles. The molecule has 5 nitrogen and oxygen atoms in total. The van der Waals surface area contributed by atoms with E-state index in [1.165, 1.54) is 6.07 Å². The number of nitrogens with two attached hydrogens (primary N) is 1. The minimum absolute atomic E-state index is 0.0406. The van der Waals surface area contributed by atoms with Gasteiger partial charge in [-0.3, -0.25) is 0 Å². The Kier molecular flexibility index (Phi) is 4.85. The van der Waals surface area contributed by atoms with Crippen LogP contribution in [0.15, 0.2) is 23.1 Å². The topological polar surface area (TPSA) is 92.4 Å². The quantitative estimate of drug-likeness (QED) is 0.720. The second-order valence-corrected chi connectivity index (χ2v) is 7.49. The lowest BCUT2D eigenvalue weighted by molar-refractivity contribution is 0.0867. The number of sulfonamides is 1. The van der Waals surface area contributed by atoms with Crippen LogP contribution in [0.4, 0.5) is 10.1 Å². The summed E-state index contributed by atoms with van der Waals surface area (Å²) < 4.78 is 40.1. The molecule has 0 atom stereocenters. The number of rotatable bonds is 5. The highest BCUT2D eigenvalue weighted by molar-refractivity contribution is 7.89. The summed E-state index contributed by atoms with van der Waals surface area (Å²) in [5.41, 5.74) is 4.81. The highest BCUT2D eigenvalue weighted by Crippen LogP contribution is 2.35. The average Bonchev–Trinajstić information content (AvgIpc) is 2.49. The molecule has 1 saturated carbocycles. The van der Waals surface area contributed by atoms with Gasteiger partial charge in [0.05, 0.1) is 10.6 Å². The van der Waals surface area contributed by atoms with Gasteiger partial charge in [0.1, 0.15) is 5.82 Å². The Hall–Kier alpha value is -1.18. The predicted molar refractivity (Wildman–Crippen MR) is 78.6 cm³/mol. The number of halogens is 1. The van der Waals surface area contributed by atoms with Crippen LogP contribution in [-0.4, -0.2) is 26.7 Å². The van der Waals surface area contributed by atoms with E-state index in [4.69, 9.17) is 5.73 Å². The van der Waals surface area contributed by atoms with Crippen molar-refractivity contribution in [1.29, 1.82) is 0 Å². The summed E-state index contributed by atoms with van der Waals surface area (Å²) in [7, 11) is -3.75. The van der Waals surface area contributed by atoms with Gasteiger partial charge in [-0.05, 0) is 31.0 Å². The minimum atomic E-state index is -3.75. The average molecular weight is 316 g/mol. The maximum Gasteiger partial charge on any atom is 0.240 e. The second-order valence-electron chi connectivity index (χ2n) is 5.73. The van der Waals surface area contributed by atoms with Crippen LogP contribution in [0.1, 0.15) is 32.1 Å². The van der Waals surface area contributed by atoms with Crippen LogP contribution in [0.5, 0.6) is 0 Å². The molecular weight excluding hydrogens is 295 g/mol. The third-order valence-corrected chi connectivity index (χ3v) is 5.56. The maximum atomic E-state index is 13.1. The van der Waals surface area contributed by atoms with Gasteiger partial charge < -0.3 is 10.8 Å². The molecule has 0 aromatic heterocycles. The number of hydrogen-bond donors (Lipinski definition) is 3. The first kappa shape index (κ1) is 16.2.